The zero-order valence-electron chi connectivity index (χ0n) is 25.3. The third-order valence-electron chi connectivity index (χ3n) is 6.31. The topological polar surface area (TPSA) is 6.48 Å². The van der Waals surface area contributed by atoms with Crippen LogP contribution >= 0.6 is 0 Å². The first-order valence-corrected chi connectivity index (χ1v) is 13.9. The van der Waals surface area contributed by atoms with Crippen molar-refractivity contribution < 1.29 is 0 Å². The van der Waals surface area contributed by atoms with Gasteiger partial charge in [-0.25, -0.2) is 0 Å². The fourth-order valence-corrected chi connectivity index (χ4v) is 4.31. The molecule has 0 unspecified atom stereocenters. The van der Waals surface area contributed by atoms with Crippen LogP contribution in [0.15, 0.2) is 193 Å². The minimum Gasteiger partial charge on any atom is -0.315 e. The number of benzene rings is 2. The van der Waals surface area contributed by atoms with Gasteiger partial charge in [0.15, 0.2) is 0 Å². The molecule has 2 aromatic carbocycles. The van der Waals surface area contributed by atoms with Crippen LogP contribution in [0.3, 0.4) is 0 Å². The van der Waals surface area contributed by atoms with Crippen LogP contribution in [0.5, 0.6) is 0 Å². The summed E-state index contributed by atoms with van der Waals surface area (Å²) in [7, 11) is 0. The average Bonchev–Trinajstić information content (AvgIpc) is 3.00. The molecule has 0 aliphatic heterocycles. The lowest BCUT2D eigenvalue weighted by Crippen LogP contribution is -2.19. The van der Waals surface area contributed by atoms with E-state index in [0.717, 1.165) is 45.3 Å². The Morgan fingerprint density at radius 2 is 1.15 bits per heavy atom. The number of hydrogen-bond acceptors (Lipinski definition) is 2. The van der Waals surface area contributed by atoms with E-state index in [1.807, 2.05) is 93.6 Å². The van der Waals surface area contributed by atoms with Gasteiger partial charge in [-0.2, -0.15) is 0 Å². The van der Waals surface area contributed by atoms with Gasteiger partial charge in [-0.15, -0.1) is 0 Å². The first-order chi connectivity index (χ1) is 19.9. The molecule has 0 amide bonds. The number of allylic oxidation sites excluding steroid dienone is 16. The van der Waals surface area contributed by atoms with Crippen LogP contribution in [0.25, 0.3) is 0 Å². The second-order valence-electron chi connectivity index (χ2n) is 9.16. The van der Waals surface area contributed by atoms with Gasteiger partial charge in [0.2, 0.25) is 0 Å². The molecule has 2 rings (SSSR count). The number of rotatable bonds is 14. The molecule has 0 saturated heterocycles. The molecule has 2 aromatic rings. The van der Waals surface area contributed by atoms with Gasteiger partial charge < -0.3 is 9.80 Å². The first kappa shape index (κ1) is 32.4. The minimum absolute atomic E-state index is 0.970. The van der Waals surface area contributed by atoms with E-state index in [1.165, 1.54) is 0 Å². The van der Waals surface area contributed by atoms with Crippen LogP contribution in [-0.2, 0) is 0 Å². The summed E-state index contributed by atoms with van der Waals surface area (Å²) in [6, 6.07) is 20.7. The Labute approximate surface area is 248 Å². The molecule has 41 heavy (non-hydrogen) atoms. The number of nitrogens with zero attached hydrogens (tertiary/aromatic N) is 2. The van der Waals surface area contributed by atoms with Gasteiger partial charge in [-0.05, 0) is 106 Å². The molecule has 0 saturated carbocycles. The number of hydrogen-bond donors (Lipinski definition) is 0. The van der Waals surface area contributed by atoms with E-state index in [1.54, 1.807) is 0 Å². The average molecular weight is 541 g/mol. The lowest BCUT2D eigenvalue weighted by Gasteiger charge is -2.27. The highest BCUT2D eigenvalue weighted by atomic mass is 15.2. The van der Waals surface area contributed by atoms with Crippen molar-refractivity contribution in [2.75, 3.05) is 9.80 Å². The molecule has 0 heterocycles. The summed E-state index contributed by atoms with van der Waals surface area (Å²) in [5, 5.41) is 0. The SMILES string of the molecule is C=C/C=C(\C=C/C)N(/C(C)=C/C=C(C=C)/C(C)=C/C=C(\C=C)N(C(/C=C\C)=C/C)c1ccccc1)c1ccccc1. The smallest absolute Gasteiger partial charge is 0.0461 e. The first-order valence-electron chi connectivity index (χ1n) is 13.9. The van der Waals surface area contributed by atoms with Crippen LogP contribution < -0.4 is 9.80 Å². The van der Waals surface area contributed by atoms with Gasteiger partial charge in [-0.3, -0.25) is 0 Å². The largest absolute Gasteiger partial charge is 0.315 e. The summed E-state index contributed by atoms with van der Waals surface area (Å²) in [5.41, 5.74) is 8.40. The van der Waals surface area contributed by atoms with Crippen LogP contribution in [0.1, 0.15) is 34.6 Å². The second-order valence-corrected chi connectivity index (χ2v) is 9.16. The van der Waals surface area contributed by atoms with Gasteiger partial charge in [0, 0.05) is 34.2 Å². The van der Waals surface area contributed by atoms with Crippen LogP contribution in [-0.4, -0.2) is 0 Å². The van der Waals surface area contributed by atoms with E-state index in [9.17, 15) is 0 Å². The minimum atomic E-state index is 0.970. The highest BCUT2D eigenvalue weighted by Crippen LogP contribution is 2.27. The second kappa shape index (κ2) is 17.7. The fraction of sp³-hybridized carbons (Fsp3) is 0.128. The number of para-hydroxylation sites is 2. The van der Waals surface area contributed by atoms with Crippen molar-refractivity contribution in [1.82, 2.24) is 0 Å². The van der Waals surface area contributed by atoms with Crippen molar-refractivity contribution in [3.63, 3.8) is 0 Å². The summed E-state index contributed by atoms with van der Waals surface area (Å²) in [6.07, 6.45) is 26.4. The lowest BCUT2D eigenvalue weighted by molar-refractivity contribution is 1.10. The third kappa shape index (κ3) is 9.40. The molecule has 0 spiro atoms. The maximum Gasteiger partial charge on any atom is 0.0461 e. The Bertz CT molecular complexity index is 1400. The highest BCUT2D eigenvalue weighted by Gasteiger charge is 2.13. The molecule has 0 aliphatic rings. The third-order valence-corrected chi connectivity index (χ3v) is 6.31. The zero-order valence-corrected chi connectivity index (χ0v) is 25.3. The monoisotopic (exact) mass is 540 g/mol. The lowest BCUT2D eigenvalue weighted by atomic mass is 10.1. The van der Waals surface area contributed by atoms with E-state index >= 15 is 0 Å². The molecule has 2 heteroatoms. The Hall–Kier alpha value is -4.82. The Morgan fingerprint density at radius 1 is 0.585 bits per heavy atom. The van der Waals surface area contributed by atoms with E-state index in [2.05, 4.69) is 110 Å². The van der Waals surface area contributed by atoms with E-state index in [-0.39, 0.29) is 0 Å². The van der Waals surface area contributed by atoms with Gasteiger partial charge in [0.05, 0.1) is 0 Å². The molecule has 0 atom stereocenters. The van der Waals surface area contributed by atoms with Crippen molar-refractivity contribution in [1.29, 1.82) is 0 Å². The van der Waals surface area contributed by atoms with Crippen molar-refractivity contribution in [3.8, 4) is 0 Å². The van der Waals surface area contributed by atoms with Crippen molar-refractivity contribution in [2.45, 2.75) is 34.6 Å². The summed E-state index contributed by atoms with van der Waals surface area (Å²) in [5.74, 6) is 0. The van der Waals surface area contributed by atoms with Crippen molar-refractivity contribution >= 4 is 11.4 Å². The normalized spacial score (nSPS) is 14.0. The standard InChI is InChI=1S/C39H44N2/c1-9-21-35(13-5)41(39-26-19-16-20-27-39)36(14-6)31-28-32(7)34(12-4)30-29-33(8)40(37(22-10-2)23-11-3)38-24-17-15-18-25-38/h9-31H,2,4,6H2,1,3,5,7-8H3/b21-9-,23-11-,32-28+,33-29+,34-30+,35-13+,36-31+,37-22+. The Balaban J connectivity index is 2.55. The van der Waals surface area contributed by atoms with Gasteiger partial charge in [0.25, 0.3) is 0 Å². The molecule has 2 nitrogen and oxygen atoms in total. The van der Waals surface area contributed by atoms with Gasteiger partial charge >= 0.3 is 0 Å². The molecule has 0 bridgehead atoms. The molecule has 0 aliphatic carbocycles. The predicted molar refractivity (Wildman–Crippen MR) is 184 cm³/mol. The maximum atomic E-state index is 4.12. The molecular weight excluding hydrogens is 496 g/mol. The van der Waals surface area contributed by atoms with Crippen molar-refractivity contribution in [3.05, 3.63) is 193 Å². The van der Waals surface area contributed by atoms with Crippen LogP contribution in [0, 0.1) is 0 Å². The fourth-order valence-electron chi connectivity index (χ4n) is 4.31. The van der Waals surface area contributed by atoms with Crippen molar-refractivity contribution in [2.24, 2.45) is 0 Å². The van der Waals surface area contributed by atoms with Crippen LogP contribution in [0.2, 0.25) is 0 Å². The molecule has 0 aromatic heterocycles. The van der Waals surface area contributed by atoms with E-state index in [0.29, 0.717) is 0 Å². The van der Waals surface area contributed by atoms with E-state index in [4.69, 9.17) is 0 Å². The molecule has 0 N–H and O–H groups in total. The molecule has 0 radical (unpaired) electrons. The Morgan fingerprint density at radius 3 is 1.63 bits per heavy atom. The van der Waals surface area contributed by atoms with Gasteiger partial charge in [0.1, 0.15) is 0 Å². The zero-order chi connectivity index (χ0) is 30.0. The maximum absolute atomic E-state index is 4.12. The van der Waals surface area contributed by atoms with E-state index < -0.39 is 0 Å². The highest BCUT2D eigenvalue weighted by molar-refractivity contribution is 5.64. The summed E-state index contributed by atoms with van der Waals surface area (Å²) < 4.78 is 0. The van der Waals surface area contributed by atoms with Gasteiger partial charge in [-0.1, -0.05) is 98.7 Å². The number of anilines is 2. The molecule has 210 valence electrons. The summed E-state index contributed by atoms with van der Waals surface area (Å²) in [6.45, 7) is 22.4. The quantitative estimate of drug-likeness (QED) is 0.220. The molecule has 0 fully saturated rings. The summed E-state index contributed by atoms with van der Waals surface area (Å²) in [4.78, 5) is 4.41. The summed E-state index contributed by atoms with van der Waals surface area (Å²) >= 11 is 0. The Kier molecular flexibility index (Phi) is 14.0. The van der Waals surface area contributed by atoms with Crippen LogP contribution in [0.4, 0.5) is 11.4 Å². The predicted octanol–water partition coefficient (Wildman–Crippen LogP) is 11.2. The molecular formula is C39H44N2.